The van der Waals surface area contributed by atoms with Crippen molar-refractivity contribution in [2.75, 3.05) is 24.6 Å². The number of nitrogens with one attached hydrogen (secondary N) is 1. The number of phenols is 1. The second-order valence-corrected chi connectivity index (χ2v) is 8.35. The molecule has 0 spiro atoms. The van der Waals surface area contributed by atoms with Crippen molar-refractivity contribution in [2.45, 2.75) is 38.3 Å². The van der Waals surface area contributed by atoms with Crippen molar-refractivity contribution in [3.8, 4) is 17.1 Å². The highest BCUT2D eigenvalue weighted by Crippen LogP contribution is 2.33. The first-order valence-corrected chi connectivity index (χ1v) is 10.8. The van der Waals surface area contributed by atoms with Crippen molar-refractivity contribution in [1.29, 1.82) is 0 Å². The lowest BCUT2D eigenvalue weighted by atomic mass is 10.1. The monoisotopic (exact) mass is 418 g/mol. The van der Waals surface area contributed by atoms with Gasteiger partial charge in [-0.3, -0.25) is 4.79 Å². The number of aromatic nitrogens is 2. The Hall–Kier alpha value is -3.19. The van der Waals surface area contributed by atoms with E-state index < -0.39 is 0 Å². The summed E-state index contributed by atoms with van der Waals surface area (Å²) in [5.41, 5.74) is 2.56. The zero-order valence-corrected chi connectivity index (χ0v) is 17.5. The van der Waals surface area contributed by atoms with Gasteiger partial charge in [-0.15, -0.1) is 0 Å². The maximum absolute atomic E-state index is 12.5. The van der Waals surface area contributed by atoms with E-state index in [-0.39, 0.29) is 23.8 Å². The molecule has 0 radical (unpaired) electrons. The molecule has 2 atom stereocenters. The molecule has 2 aliphatic rings. The maximum atomic E-state index is 12.5. The molecule has 2 aromatic carbocycles. The molecule has 160 valence electrons. The molecule has 7 heteroatoms. The summed E-state index contributed by atoms with van der Waals surface area (Å²) in [5, 5.41) is 14.5. The number of phenolic OH excluding ortho intramolecular Hbond substituents is 1. The van der Waals surface area contributed by atoms with E-state index in [4.69, 9.17) is 14.7 Å². The van der Waals surface area contributed by atoms with E-state index in [0.29, 0.717) is 24.5 Å². The second kappa shape index (κ2) is 8.15. The summed E-state index contributed by atoms with van der Waals surface area (Å²) in [5.74, 6) is 1.47. The molecule has 2 fully saturated rings. The van der Waals surface area contributed by atoms with Crippen LogP contribution in [0.25, 0.3) is 22.3 Å². The van der Waals surface area contributed by atoms with Crippen molar-refractivity contribution < 1.29 is 14.6 Å². The largest absolute Gasteiger partial charge is 0.507 e. The number of rotatable bonds is 4. The average Bonchev–Trinajstić information content (AvgIpc) is 3.45. The average molecular weight is 418 g/mol. The highest BCUT2D eigenvalue weighted by atomic mass is 16.5. The number of nitrogens with zero attached hydrogens (tertiary/aromatic N) is 3. The molecule has 2 aliphatic heterocycles. The Labute approximate surface area is 181 Å². The van der Waals surface area contributed by atoms with Crippen molar-refractivity contribution in [3.05, 3.63) is 48.0 Å². The molecule has 1 unspecified atom stereocenters. The molecule has 7 nitrogen and oxygen atoms in total. The molecule has 2 N–H and O–H groups in total. The van der Waals surface area contributed by atoms with Crippen molar-refractivity contribution in [1.82, 2.24) is 15.3 Å². The van der Waals surface area contributed by atoms with Crippen molar-refractivity contribution >= 4 is 22.6 Å². The summed E-state index contributed by atoms with van der Waals surface area (Å²) in [4.78, 5) is 24.2. The second-order valence-electron chi connectivity index (χ2n) is 8.35. The van der Waals surface area contributed by atoms with Crippen LogP contribution in [-0.2, 0) is 9.53 Å². The lowest BCUT2D eigenvalue weighted by molar-refractivity contribution is -0.130. The van der Waals surface area contributed by atoms with Gasteiger partial charge in [0.05, 0.1) is 11.1 Å². The third-order valence-electron chi connectivity index (χ3n) is 6.03. The minimum Gasteiger partial charge on any atom is -0.507 e. The van der Waals surface area contributed by atoms with Gasteiger partial charge in [0.15, 0.2) is 5.82 Å². The molecule has 0 saturated carbocycles. The number of carbonyl (C=O) groups is 1. The van der Waals surface area contributed by atoms with Gasteiger partial charge in [-0.25, -0.2) is 9.97 Å². The predicted molar refractivity (Wildman–Crippen MR) is 119 cm³/mol. The van der Waals surface area contributed by atoms with Crippen LogP contribution in [0.3, 0.4) is 0 Å². The third kappa shape index (κ3) is 3.93. The number of hydrogen-bond acceptors (Lipinski definition) is 6. The zero-order valence-electron chi connectivity index (χ0n) is 17.5. The number of para-hydroxylation sites is 1. The quantitative estimate of drug-likeness (QED) is 0.677. The normalized spacial score (nSPS) is 21.0. The van der Waals surface area contributed by atoms with E-state index in [9.17, 15) is 9.90 Å². The van der Waals surface area contributed by atoms with Gasteiger partial charge in [0, 0.05) is 31.1 Å². The minimum atomic E-state index is -0.315. The van der Waals surface area contributed by atoms with E-state index in [1.54, 1.807) is 12.1 Å². The number of ether oxygens (including phenoxy) is 1. The number of fused-ring (bicyclic) bond motifs is 1. The first kappa shape index (κ1) is 19.8. The van der Waals surface area contributed by atoms with Gasteiger partial charge in [-0.05, 0) is 56.0 Å². The molecule has 31 heavy (non-hydrogen) atoms. The van der Waals surface area contributed by atoms with Gasteiger partial charge in [0.1, 0.15) is 17.7 Å². The highest BCUT2D eigenvalue weighted by molar-refractivity contribution is 5.92. The first-order valence-electron chi connectivity index (χ1n) is 10.8. The number of amides is 1. The molecular formula is C24H26N4O3. The van der Waals surface area contributed by atoms with Crippen LogP contribution in [0.4, 0.5) is 5.82 Å². The number of aryl methyl sites for hydroxylation is 1. The summed E-state index contributed by atoms with van der Waals surface area (Å²) in [6, 6.07) is 13.3. The van der Waals surface area contributed by atoms with Gasteiger partial charge in [-0.1, -0.05) is 18.2 Å². The molecule has 1 aromatic heterocycles. The molecule has 5 rings (SSSR count). The Morgan fingerprint density at radius 3 is 2.87 bits per heavy atom. The smallest absolute Gasteiger partial charge is 0.249 e. The summed E-state index contributed by atoms with van der Waals surface area (Å²) < 4.78 is 5.51. The number of aromatic hydroxyl groups is 1. The van der Waals surface area contributed by atoms with Crippen LogP contribution in [0.2, 0.25) is 0 Å². The summed E-state index contributed by atoms with van der Waals surface area (Å²) in [7, 11) is 0. The fourth-order valence-electron chi connectivity index (χ4n) is 4.40. The maximum Gasteiger partial charge on any atom is 0.249 e. The minimum absolute atomic E-state index is 0.0117. The lowest BCUT2D eigenvalue weighted by Gasteiger charge is -2.21. The van der Waals surface area contributed by atoms with Crippen LogP contribution in [0.5, 0.6) is 5.75 Å². The molecule has 1 amide bonds. The first-order chi connectivity index (χ1) is 15.1. The number of benzene rings is 2. The molecule has 0 aliphatic carbocycles. The lowest BCUT2D eigenvalue weighted by Crippen LogP contribution is -2.42. The summed E-state index contributed by atoms with van der Waals surface area (Å²) >= 11 is 0. The van der Waals surface area contributed by atoms with Crippen LogP contribution < -0.4 is 10.2 Å². The molecule has 3 aromatic rings. The van der Waals surface area contributed by atoms with Crippen molar-refractivity contribution in [2.24, 2.45) is 0 Å². The van der Waals surface area contributed by atoms with Gasteiger partial charge < -0.3 is 20.1 Å². The van der Waals surface area contributed by atoms with Gasteiger partial charge in [0.25, 0.3) is 0 Å². The van der Waals surface area contributed by atoms with Crippen LogP contribution in [0.1, 0.15) is 24.8 Å². The Morgan fingerprint density at radius 1 is 1.19 bits per heavy atom. The zero-order chi connectivity index (χ0) is 21.4. The van der Waals surface area contributed by atoms with E-state index in [1.807, 2.05) is 31.2 Å². The van der Waals surface area contributed by atoms with Crippen LogP contribution >= 0.6 is 0 Å². The number of carbonyl (C=O) groups excluding carboxylic acids is 1. The SMILES string of the molecule is Cc1ccc2c(N3CC[C@H](NC(=O)C4CCCO4)C3)nc(-c3ccccc3O)nc2c1. The molecule has 0 bridgehead atoms. The fourth-order valence-corrected chi connectivity index (χ4v) is 4.40. The Kier molecular flexibility index (Phi) is 5.19. The number of hydrogen-bond donors (Lipinski definition) is 2. The molecule has 3 heterocycles. The van der Waals surface area contributed by atoms with Gasteiger partial charge in [-0.2, -0.15) is 0 Å². The highest BCUT2D eigenvalue weighted by Gasteiger charge is 2.30. The van der Waals surface area contributed by atoms with Crippen LogP contribution in [0.15, 0.2) is 42.5 Å². The van der Waals surface area contributed by atoms with E-state index in [2.05, 4.69) is 16.3 Å². The van der Waals surface area contributed by atoms with E-state index in [1.165, 1.54) is 0 Å². The van der Waals surface area contributed by atoms with Crippen LogP contribution in [0, 0.1) is 6.92 Å². The molecule has 2 saturated heterocycles. The topological polar surface area (TPSA) is 87.6 Å². The summed E-state index contributed by atoms with van der Waals surface area (Å²) in [6.07, 6.45) is 2.27. The van der Waals surface area contributed by atoms with Crippen LogP contribution in [-0.4, -0.2) is 52.8 Å². The van der Waals surface area contributed by atoms with Gasteiger partial charge in [0.2, 0.25) is 5.91 Å². The van der Waals surface area contributed by atoms with Crippen molar-refractivity contribution in [3.63, 3.8) is 0 Å². The number of anilines is 1. The molecular weight excluding hydrogens is 392 g/mol. The Bertz CT molecular complexity index is 1130. The Morgan fingerprint density at radius 2 is 2.06 bits per heavy atom. The third-order valence-corrected chi connectivity index (χ3v) is 6.03. The summed E-state index contributed by atoms with van der Waals surface area (Å²) in [6.45, 7) is 4.17. The van der Waals surface area contributed by atoms with Gasteiger partial charge >= 0.3 is 0 Å². The fraction of sp³-hybridized carbons (Fsp3) is 0.375. The van der Waals surface area contributed by atoms with E-state index in [0.717, 1.165) is 48.1 Å². The Balaban J connectivity index is 1.46. The standard InChI is InChI=1S/C24H26N4O3/c1-15-8-9-17-19(13-15)26-22(18-5-2-3-6-20(18)29)27-23(17)28-11-10-16(14-28)25-24(30)21-7-4-12-31-21/h2-3,5-6,8-9,13,16,21,29H,4,7,10-12,14H2,1H3,(H,25,30)/t16-,21?/m0/s1. The van der Waals surface area contributed by atoms with E-state index >= 15 is 0 Å². The predicted octanol–water partition coefficient (Wildman–Crippen LogP) is 3.18.